The molecule has 1 nitrogen and oxygen atoms in total. The summed E-state index contributed by atoms with van der Waals surface area (Å²) in [6.45, 7) is 6.19. The maximum absolute atomic E-state index is 5.17. The van der Waals surface area contributed by atoms with Gasteiger partial charge < -0.3 is 4.43 Å². The fourth-order valence-electron chi connectivity index (χ4n) is 0.421. The van der Waals surface area contributed by atoms with Gasteiger partial charge in [0.15, 0.2) is 0 Å². The Morgan fingerprint density at radius 1 is 1.75 bits per heavy atom. The Morgan fingerprint density at radius 2 is 2.25 bits per heavy atom. The fraction of sp³-hybridized carbons (Fsp3) is 0.667. The highest BCUT2D eigenvalue weighted by Gasteiger charge is 1.96. The van der Waals surface area contributed by atoms with Crippen LogP contribution >= 0.6 is 0 Å². The van der Waals surface area contributed by atoms with Crippen LogP contribution in [-0.2, 0) is 4.43 Å². The highest BCUT2D eigenvalue weighted by atomic mass is 28.2. The highest BCUT2D eigenvalue weighted by Crippen LogP contribution is 2.01. The Hall–Kier alpha value is -0.0831. The molecule has 0 aliphatic rings. The van der Waals surface area contributed by atoms with Crippen LogP contribution in [0.15, 0.2) is 11.6 Å². The molecule has 48 valence electrons. The van der Waals surface area contributed by atoms with Crippen LogP contribution in [-0.4, -0.2) is 16.6 Å². The van der Waals surface area contributed by atoms with E-state index >= 15 is 0 Å². The van der Waals surface area contributed by atoms with Crippen LogP contribution in [0.3, 0.4) is 0 Å². The monoisotopic (exact) mass is 130 g/mol. The van der Waals surface area contributed by atoms with Gasteiger partial charge >= 0.3 is 0 Å². The van der Waals surface area contributed by atoms with Crippen molar-refractivity contribution in [2.24, 2.45) is 0 Å². The van der Waals surface area contributed by atoms with E-state index in [-0.39, 0.29) is 0 Å². The molecule has 0 rings (SSSR count). The molecule has 0 bridgehead atoms. The summed E-state index contributed by atoms with van der Waals surface area (Å²) in [6, 6.07) is 0. The third kappa shape index (κ3) is 2.28. The van der Waals surface area contributed by atoms with Crippen molar-refractivity contribution in [3.8, 4) is 0 Å². The van der Waals surface area contributed by atoms with Crippen LogP contribution in [0.2, 0.25) is 0 Å². The molecule has 0 spiro atoms. The zero-order valence-electron chi connectivity index (χ0n) is 6.06. The summed E-state index contributed by atoms with van der Waals surface area (Å²) in [6.07, 6.45) is 2.43. The van der Waals surface area contributed by atoms with E-state index in [0.717, 1.165) is 10.5 Å². The van der Waals surface area contributed by atoms with Gasteiger partial charge in [0.25, 0.3) is 0 Å². The summed E-state index contributed by atoms with van der Waals surface area (Å²) in [5.74, 6) is 0. The minimum atomic E-state index is 0.340. The maximum atomic E-state index is 5.17. The average Bonchev–Trinajstić information content (AvgIpc) is 1.84. The zero-order valence-corrected chi connectivity index (χ0v) is 8.06. The number of rotatable bonds is 2. The summed E-state index contributed by atoms with van der Waals surface area (Å²) in [5.41, 5.74) is 1.32. The van der Waals surface area contributed by atoms with Crippen LogP contribution in [0.1, 0.15) is 20.8 Å². The average molecular weight is 130 g/mol. The van der Waals surface area contributed by atoms with Crippen LogP contribution < -0.4 is 0 Å². The van der Waals surface area contributed by atoms with Gasteiger partial charge in [0.2, 0.25) is 0 Å². The highest BCUT2D eigenvalue weighted by molar-refractivity contribution is 5.98. The van der Waals surface area contributed by atoms with Crippen molar-refractivity contribution in [1.82, 2.24) is 0 Å². The molecule has 0 aliphatic carbocycles. The molecule has 0 aromatic heterocycles. The molecule has 0 saturated carbocycles. The number of hydrogen-bond donors (Lipinski definition) is 0. The molecule has 0 saturated heterocycles. The van der Waals surface area contributed by atoms with Gasteiger partial charge in [0.05, 0.1) is 6.10 Å². The van der Waals surface area contributed by atoms with Crippen molar-refractivity contribution in [2.75, 3.05) is 0 Å². The molecular weight excluding hydrogens is 116 g/mol. The first-order valence-corrected chi connectivity index (χ1v) is 3.69. The van der Waals surface area contributed by atoms with E-state index in [0.29, 0.717) is 6.10 Å². The van der Waals surface area contributed by atoms with Gasteiger partial charge in [-0.05, 0) is 20.8 Å². The fourth-order valence-corrected chi connectivity index (χ4v) is 0.792. The van der Waals surface area contributed by atoms with Crippen LogP contribution in [0.4, 0.5) is 0 Å². The second-order valence-corrected chi connectivity index (χ2v) is 2.38. The quantitative estimate of drug-likeness (QED) is 0.394. The van der Waals surface area contributed by atoms with Crippen molar-refractivity contribution in [1.29, 1.82) is 0 Å². The van der Waals surface area contributed by atoms with Crippen molar-refractivity contribution < 1.29 is 4.43 Å². The second-order valence-electron chi connectivity index (χ2n) is 1.91. The van der Waals surface area contributed by atoms with E-state index < -0.39 is 0 Å². The summed E-state index contributed by atoms with van der Waals surface area (Å²) in [5, 5.41) is 0. The largest absolute Gasteiger partial charge is 0.422 e. The van der Waals surface area contributed by atoms with Gasteiger partial charge in [0.1, 0.15) is 10.5 Å². The Morgan fingerprint density at radius 3 is 2.38 bits per heavy atom. The van der Waals surface area contributed by atoms with E-state index in [1.807, 2.05) is 6.92 Å². The molecule has 1 unspecified atom stereocenters. The summed E-state index contributed by atoms with van der Waals surface area (Å²) in [4.78, 5) is 0. The van der Waals surface area contributed by atoms with Crippen LogP contribution in [0.5, 0.6) is 0 Å². The van der Waals surface area contributed by atoms with Gasteiger partial charge in [-0.3, -0.25) is 0 Å². The number of hydrogen-bond acceptors (Lipinski definition) is 1. The minimum Gasteiger partial charge on any atom is -0.422 e. The normalized spacial score (nSPS) is 16.6. The van der Waals surface area contributed by atoms with E-state index in [4.69, 9.17) is 4.43 Å². The standard InChI is InChI=1S/C6H14OSi/c1-4-5(2)6(3)7-8/h4,6H,1-3,8H3. The Labute approximate surface area is 54.3 Å². The van der Waals surface area contributed by atoms with Crippen molar-refractivity contribution >= 4 is 10.5 Å². The molecule has 8 heavy (non-hydrogen) atoms. The van der Waals surface area contributed by atoms with Crippen LogP contribution in [0.25, 0.3) is 0 Å². The molecule has 0 heterocycles. The van der Waals surface area contributed by atoms with Crippen LogP contribution in [0, 0.1) is 0 Å². The molecule has 0 aromatic carbocycles. The van der Waals surface area contributed by atoms with E-state index in [1.54, 1.807) is 0 Å². The van der Waals surface area contributed by atoms with E-state index in [9.17, 15) is 0 Å². The molecular formula is C6H14OSi. The lowest BCUT2D eigenvalue weighted by atomic mass is 10.2. The smallest absolute Gasteiger partial charge is 0.146 e. The maximum Gasteiger partial charge on any atom is 0.146 e. The number of allylic oxidation sites excluding steroid dienone is 1. The van der Waals surface area contributed by atoms with Crippen molar-refractivity contribution in [3.63, 3.8) is 0 Å². The lowest BCUT2D eigenvalue weighted by Crippen LogP contribution is -2.06. The minimum absolute atomic E-state index is 0.340. The zero-order chi connectivity index (χ0) is 6.57. The molecule has 2 heteroatoms. The summed E-state index contributed by atoms with van der Waals surface area (Å²) < 4.78 is 5.17. The first-order chi connectivity index (χ1) is 3.72. The first-order valence-electron chi connectivity index (χ1n) is 2.88. The van der Waals surface area contributed by atoms with Gasteiger partial charge in [-0.25, -0.2) is 0 Å². The van der Waals surface area contributed by atoms with Gasteiger partial charge in [-0.15, -0.1) is 0 Å². The Bertz CT molecular complexity index is 88.5. The third-order valence-corrected chi connectivity index (χ3v) is 2.16. The van der Waals surface area contributed by atoms with Crippen molar-refractivity contribution in [2.45, 2.75) is 26.9 Å². The molecule has 0 fully saturated rings. The van der Waals surface area contributed by atoms with Crippen molar-refractivity contribution in [3.05, 3.63) is 11.6 Å². The SMILES string of the molecule is CC=C(C)C(C)O[SiH3]. The molecule has 0 N–H and O–H groups in total. The van der Waals surface area contributed by atoms with Gasteiger partial charge in [-0.2, -0.15) is 0 Å². The lowest BCUT2D eigenvalue weighted by Gasteiger charge is -2.08. The second kappa shape index (κ2) is 3.86. The summed E-state index contributed by atoms with van der Waals surface area (Å²) >= 11 is 0. The Kier molecular flexibility index (Phi) is 3.82. The molecule has 0 radical (unpaired) electrons. The van der Waals surface area contributed by atoms with E-state index in [2.05, 4.69) is 19.9 Å². The molecule has 0 aromatic rings. The molecule has 1 atom stereocenters. The van der Waals surface area contributed by atoms with Gasteiger partial charge in [-0.1, -0.05) is 11.6 Å². The third-order valence-electron chi connectivity index (χ3n) is 1.45. The summed E-state index contributed by atoms with van der Waals surface area (Å²) in [7, 11) is 0.834. The Balaban J connectivity index is 3.63. The van der Waals surface area contributed by atoms with Gasteiger partial charge in [0, 0.05) is 0 Å². The topological polar surface area (TPSA) is 9.23 Å². The molecule has 0 aliphatic heterocycles. The lowest BCUT2D eigenvalue weighted by molar-refractivity contribution is 0.283. The predicted molar refractivity (Wildman–Crippen MR) is 39.9 cm³/mol. The first kappa shape index (κ1) is 7.92. The molecule has 0 amide bonds. The predicted octanol–water partition coefficient (Wildman–Crippen LogP) is 0.638. The van der Waals surface area contributed by atoms with E-state index in [1.165, 1.54) is 5.57 Å².